The number of carbonyl (C=O) groups is 5. The first kappa shape index (κ1) is 32.4. The summed E-state index contributed by atoms with van der Waals surface area (Å²) in [6.07, 6.45) is -0.592. The fraction of sp³-hybridized carbons (Fsp3) is 0.379. The Morgan fingerprint density at radius 1 is 1.17 bits per heavy atom. The molecule has 2 aromatic rings. The van der Waals surface area contributed by atoms with Crippen LogP contribution >= 0.6 is 11.8 Å². The van der Waals surface area contributed by atoms with E-state index in [0.29, 0.717) is 10.5 Å². The van der Waals surface area contributed by atoms with Gasteiger partial charge in [-0.05, 0) is 43.2 Å². The summed E-state index contributed by atoms with van der Waals surface area (Å²) in [5, 5.41) is 42.4. The maximum absolute atomic E-state index is 13.5. The normalized spacial score (nSPS) is 24.2. The lowest BCUT2D eigenvalue weighted by molar-refractivity contribution is -0.384. The van der Waals surface area contributed by atoms with Gasteiger partial charge in [0.05, 0.1) is 23.0 Å². The number of rotatable bonds is 10. The molecule has 17 heteroatoms. The minimum atomic E-state index is -1.31. The zero-order valence-corrected chi connectivity index (χ0v) is 25.2. The number of nitrogens with one attached hydrogen (secondary N) is 1. The van der Waals surface area contributed by atoms with Crippen LogP contribution in [-0.4, -0.2) is 94.9 Å². The van der Waals surface area contributed by atoms with Gasteiger partial charge in [0.2, 0.25) is 11.8 Å². The van der Waals surface area contributed by atoms with Crippen molar-refractivity contribution < 1.29 is 49.0 Å². The summed E-state index contributed by atoms with van der Waals surface area (Å²) in [6, 6.07) is 6.25. The van der Waals surface area contributed by atoms with Crippen molar-refractivity contribution in [2.45, 2.75) is 50.3 Å². The number of pyridine rings is 1. The van der Waals surface area contributed by atoms with Crippen LogP contribution in [0.15, 0.2) is 53.2 Å². The monoisotopic (exact) mass is 655 g/mol. The number of carboxylic acid groups (broad SMARTS) is 2. The minimum Gasteiger partial charge on any atom is -0.477 e. The van der Waals surface area contributed by atoms with Crippen LogP contribution in [0.2, 0.25) is 0 Å². The molecule has 16 nitrogen and oxygen atoms in total. The predicted octanol–water partition coefficient (Wildman–Crippen LogP) is 2.29. The molecule has 0 saturated carbocycles. The number of nitro benzene ring substituents is 1. The number of likely N-dealkylation sites (tertiary alicyclic amines) is 1. The summed E-state index contributed by atoms with van der Waals surface area (Å²) in [7, 11) is 0. The summed E-state index contributed by atoms with van der Waals surface area (Å²) in [4.78, 5) is 80.1. The Hall–Kier alpha value is -5.03. The minimum absolute atomic E-state index is 0.0415. The van der Waals surface area contributed by atoms with E-state index >= 15 is 0 Å². The van der Waals surface area contributed by atoms with E-state index < -0.39 is 70.0 Å². The molecule has 242 valence electrons. The number of aliphatic hydroxyl groups excluding tert-OH is 1. The van der Waals surface area contributed by atoms with Gasteiger partial charge in [0.25, 0.3) is 5.69 Å². The molecule has 3 amide bonds. The number of ether oxygens (including phenoxy) is 1. The number of carboxylic acids is 2. The Kier molecular flexibility index (Phi) is 8.98. The highest BCUT2D eigenvalue weighted by molar-refractivity contribution is 8.03. The summed E-state index contributed by atoms with van der Waals surface area (Å²) in [5.74, 6) is -4.95. The third-order valence-corrected chi connectivity index (χ3v) is 9.65. The molecule has 4 N–H and O–H groups in total. The molecule has 2 fully saturated rings. The molecule has 3 aliphatic heterocycles. The first-order chi connectivity index (χ1) is 21.8. The number of thioether (sulfide) groups is 1. The Morgan fingerprint density at radius 3 is 2.48 bits per heavy atom. The number of aliphatic hydroxyl groups is 1. The summed E-state index contributed by atoms with van der Waals surface area (Å²) >= 11 is 1.14. The third-order valence-electron chi connectivity index (χ3n) is 8.16. The number of nitrogens with zero attached hydrogens (tertiary/aromatic N) is 4. The lowest BCUT2D eigenvalue weighted by atomic mass is 9.79. The molecule has 5 unspecified atom stereocenters. The summed E-state index contributed by atoms with van der Waals surface area (Å²) in [5.41, 5.74) is -0.0607. The Labute approximate surface area is 265 Å². The molecule has 6 atom stereocenters. The van der Waals surface area contributed by atoms with Crippen LogP contribution in [0.3, 0.4) is 0 Å². The number of β-lactam (4-membered cyclic amide) rings is 1. The maximum atomic E-state index is 13.5. The van der Waals surface area contributed by atoms with Crippen LogP contribution in [0.1, 0.15) is 36.3 Å². The number of anilines is 1. The van der Waals surface area contributed by atoms with Gasteiger partial charge in [-0.15, -0.1) is 11.8 Å². The average Bonchev–Trinajstić information content (AvgIpc) is 3.53. The number of amides is 3. The van der Waals surface area contributed by atoms with Gasteiger partial charge in [-0.2, -0.15) is 0 Å². The second kappa shape index (κ2) is 12.8. The van der Waals surface area contributed by atoms with E-state index in [-0.39, 0.29) is 42.3 Å². The predicted molar refractivity (Wildman–Crippen MR) is 159 cm³/mol. The highest BCUT2D eigenvalue weighted by atomic mass is 32.2. The third kappa shape index (κ3) is 6.10. The van der Waals surface area contributed by atoms with Gasteiger partial charge in [-0.3, -0.25) is 24.6 Å². The number of nitro groups is 1. The van der Waals surface area contributed by atoms with Crippen molar-refractivity contribution in [3.63, 3.8) is 0 Å². The van der Waals surface area contributed by atoms with Crippen molar-refractivity contribution in [2.24, 2.45) is 11.8 Å². The van der Waals surface area contributed by atoms with Crippen LogP contribution in [0.5, 0.6) is 0 Å². The molecule has 5 rings (SSSR count). The van der Waals surface area contributed by atoms with E-state index in [2.05, 4.69) is 10.3 Å². The first-order valence-corrected chi connectivity index (χ1v) is 15.0. The molecule has 2 saturated heterocycles. The zero-order valence-electron chi connectivity index (χ0n) is 24.4. The van der Waals surface area contributed by atoms with Gasteiger partial charge in [0.15, 0.2) is 0 Å². The Morgan fingerprint density at radius 2 is 1.87 bits per heavy atom. The number of non-ortho nitro benzene ring substituents is 1. The van der Waals surface area contributed by atoms with E-state index in [4.69, 9.17) is 4.74 Å². The Balaban J connectivity index is 1.37. The number of hydrogen-bond acceptors (Lipinski definition) is 11. The van der Waals surface area contributed by atoms with E-state index in [9.17, 15) is 49.4 Å². The largest absolute Gasteiger partial charge is 0.477 e. The van der Waals surface area contributed by atoms with E-state index in [1.165, 1.54) is 53.3 Å². The van der Waals surface area contributed by atoms with Gasteiger partial charge < -0.3 is 30.3 Å². The lowest BCUT2D eigenvalue weighted by Gasteiger charge is -2.46. The first-order valence-electron chi connectivity index (χ1n) is 14.1. The van der Waals surface area contributed by atoms with Crippen LogP contribution < -0.4 is 5.32 Å². The molecule has 0 bridgehead atoms. The van der Waals surface area contributed by atoms with Crippen molar-refractivity contribution in [3.05, 3.63) is 74.6 Å². The second-order valence-corrected chi connectivity index (χ2v) is 12.5. The number of hydrogen-bond donors (Lipinski definition) is 4. The van der Waals surface area contributed by atoms with Crippen molar-refractivity contribution in [1.82, 2.24) is 14.8 Å². The van der Waals surface area contributed by atoms with E-state index in [0.717, 1.165) is 17.8 Å². The van der Waals surface area contributed by atoms with Gasteiger partial charge in [-0.25, -0.2) is 19.4 Å². The molecule has 0 aliphatic carbocycles. The smallest absolute Gasteiger partial charge is 0.410 e. The van der Waals surface area contributed by atoms with E-state index in [1.54, 1.807) is 6.92 Å². The quantitative estimate of drug-likeness (QED) is 0.164. The molecule has 4 heterocycles. The molecule has 46 heavy (non-hydrogen) atoms. The molecule has 0 radical (unpaired) electrons. The number of carbonyl (C=O) groups excluding carboxylic acids is 3. The van der Waals surface area contributed by atoms with Crippen molar-refractivity contribution >= 4 is 53.0 Å². The SMILES string of the molecule is CC(O)C1C(=O)N2C(C(=O)O)=C(SC3CC(C(=O)Nc4ccnc(C(=O)O)c4)N(C(=O)OCc4ccc([N+](=O)[O-])cc4)C3)C(C)[C@H]12. The average molecular weight is 656 g/mol. The lowest BCUT2D eigenvalue weighted by Crippen LogP contribution is -2.63. The molecule has 1 aromatic heterocycles. The van der Waals surface area contributed by atoms with Crippen molar-refractivity contribution in [2.75, 3.05) is 11.9 Å². The van der Waals surface area contributed by atoms with Crippen LogP contribution in [0, 0.1) is 22.0 Å². The zero-order chi connectivity index (χ0) is 33.4. The molecule has 1 aromatic carbocycles. The molecule has 3 aliphatic rings. The fourth-order valence-corrected chi connectivity index (χ4v) is 7.51. The maximum Gasteiger partial charge on any atom is 0.410 e. The highest BCUT2D eigenvalue weighted by Crippen LogP contribution is 2.52. The van der Waals surface area contributed by atoms with Crippen molar-refractivity contribution in [1.29, 1.82) is 0 Å². The highest BCUT2D eigenvalue weighted by Gasteiger charge is 2.60. The second-order valence-electron chi connectivity index (χ2n) is 11.1. The summed E-state index contributed by atoms with van der Waals surface area (Å²) < 4.78 is 5.44. The van der Waals surface area contributed by atoms with Gasteiger partial charge in [0.1, 0.15) is 24.0 Å². The topological polar surface area (TPSA) is 230 Å². The fourth-order valence-electron chi connectivity index (χ4n) is 5.98. The van der Waals surface area contributed by atoms with Gasteiger partial charge in [0, 0.05) is 46.6 Å². The van der Waals surface area contributed by atoms with Crippen LogP contribution in [-0.2, 0) is 25.7 Å². The number of benzene rings is 1. The molecular weight excluding hydrogens is 626 g/mol. The summed E-state index contributed by atoms with van der Waals surface area (Å²) in [6.45, 7) is 2.94. The number of aromatic nitrogens is 1. The standard InChI is InChI=1S/C29H29N5O11S/c1-13-22-21(14(2)35)26(37)33(22)23(28(40)41)24(13)46-18-10-20(25(36)31-16-7-8-30-19(9-16)27(38)39)32(11-18)29(42)45-12-15-3-5-17(6-4-15)34(43)44/h3-9,13-14,18,20-22,35H,10-12H2,1-2H3,(H,38,39)(H,40,41)(H,30,31,36)/t13?,14?,18?,20?,21?,22-/m1/s1. The number of fused-ring (bicyclic) bond motifs is 1. The van der Waals surface area contributed by atoms with Gasteiger partial charge in [-0.1, -0.05) is 6.92 Å². The van der Waals surface area contributed by atoms with Crippen LogP contribution in [0.4, 0.5) is 16.2 Å². The van der Waals surface area contributed by atoms with E-state index in [1.807, 2.05) is 0 Å². The van der Waals surface area contributed by atoms with Crippen LogP contribution in [0.25, 0.3) is 0 Å². The Bertz CT molecular complexity index is 1650. The molecular formula is C29H29N5O11S. The van der Waals surface area contributed by atoms with Gasteiger partial charge >= 0.3 is 18.0 Å². The van der Waals surface area contributed by atoms with Crippen molar-refractivity contribution in [3.8, 4) is 0 Å². The number of aromatic carboxylic acids is 1. The molecule has 0 spiro atoms. The number of aliphatic carboxylic acids is 1.